The summed E-state index contributed by atoms with van der Waals surface area (Å²) < 4.78 is 80.0. The van der Waals surface area contributed by atoms with E-state index in [4.69, 9.17) is 17.3 Å². The van der Waals surface area contributed by atoms with Gasteiger partial charge in [0.05, 0.1) is 17.5 Å². The highest BCUT2D eigenvalue weighted by Crippen LogP contribution is 2.45. The zero-order valence-electron chi connectivity index (χ0n) is 19.2. The monoisotopic (exact) mass is 555 g/mol. The first-order valence-corrected chi connectivity index (χ1v) is 11.3. The van der Waals surface area contributed by atoms with Crippen LogP contribution in [0.3, 0.4) is 0 Å². The molecule has 1 unspecified atom stereocenters. The molecule has 15 heteroatoms. The maximum atomic E-state index is 13.6. The van der Waals surface area contributed by atoms with Gasteiger partial charge < -0.3 is 11.1 Å². The Morgan fingerprint density at radius 1 is 1.11 bits per heavy atom. The molecule has 0 fully saturated rings. The van der Waals surface area contributed by atoms with Gasteiger partial charge in [0.15, 0.2) is 11.5 Å². The zero-order valence-corrected chi connectivity index (χ0v) is 20.0. The van der Waals surface area contributed by atoms with Crippen LogP contribution in [0.15, 0.2) is 36.7 Å². The SMILES string of the molecule is CC1(c2ccc(F)cc2)C(=O)Nc2nc(-c3cn4c(Cl)cnc4c(CCC(F)(F)C(F)(F)F)n3)nc(N)c21. The van der Waals surface area contributed by atoms with E-state index in [1.54, 1.807) is 6.92 Å². The average Bonchev–Trinajstić information content (AvgIpc) is 3.34. The number of carbonyl (C=O) groups excluding carboxylic acids is 1. The minimum atomic E-state index is -5.74. The number of carbonyl (C=O) groups is 1. The molecule has 38 heavy (non-hydrogen) atoms. The van der Waals surface area contributed by atoms with Crippen molar-refractivity contribution in [3.05, 3.63) is 64.5 Å². The molecule has 1 atom stereocenters. The van der Waals surface area contributed by atoms with Crippen LogP contribution in [-0.4, -0.2) is 42.3 Å². The number of alkyl halides is 5. The topological polar surface area (TPSA) is 111 Å². The number of imidazole rings is 1. The maximum absolute atomic E-state index is 13.6. The number of hydrogen-bond donors (Lipinski definition) is 2. The second-order valence-corrected chi connectivity index (χ2v) is 9.18. The molecule has 0 saturated carbocycles. The van der Waals surface area contributed by atoms with Crippen LogP contribution in [0.1, 0.15) is 30.2 Å². The quantitative estimate of drug-likeness (QED) is 0.337. The van der Waals surface area contributed by atoms with Gasteiger partial charge >= 0.3 is 12.1 Å². The fourth-order valence-corrected chi connectivity index (χ4v) is 4.47. The van der Waals surface area contributed by atoms with E-state index in [0.29, 0.717) is 5.56 Å². The summed E-state index contributed by atoms with van der Waals surface area (Å²) in [5, 5.41) is 2.64. The fourth-order valence-electron chi connectivity index (χ4n) is 4.30. The highest BCUT2D eigenvalue weighted by atomic mass is 35.5. The lowest BCUT2D eigenvalue weighted by atomic mass is 9.78. The molecule has 0 spiro atoms. The molecule has 1 aromatic carbocycles. The van der Waals surface area contributed by atoms with Gasteiger partial charge in [-0.15, -0.1) is 0 Å². The summed E-state index contributed by atoms with van der Waals surface area (Å²) in [6, 6.07) is 5.23. The largest absolute Gasteiger partial charge is 0.453 e. The summed E-state index contributed by atoms with van der Waals surface area (Å²) in [7, 11) is 0. The number of anilines is 2. The Hall–Kier alpha value is -3.94. The molecule has 4 aromatic rings. The van der Waals surface area contributed by atoms with Crippen molar-refractivity contribution in [1.29, 1.82) is 0 Å². The Labute approximate surface area is 214 Å². The van der Waals surface area contributed by atoms with Gasteiger partial charge in [-0.1, -0.05) is 23.7 Å². The van der Waals surface area contributed by atoms with Crippen LogP contribution in [0, 0.1) is 5.82 Å². The number of benzene rings is 1. The van der Waals surface area contributed by atoms with Crippen molar-refractivity contribution < 1.29 is 31.1 Å². The van der Waals surface area contributed by atoms with E-state index in [9.17, 15) is 31.1 Å². The van der Waals surface area contributed by atoms with Gasteiger partial charge in [0.1, 0.15) is 33.7 Å². The molecule has 1 aliphatic heterocycles. The maximum Gasteiger partial charge on any atom is 0.453 e. The van der Waals surface area contributed by atoms with Crippen LogP contribution in [0.5, 0.6) is 0 Å². The van der Waals surface area contributed by atoms with Crippen molar-refractivity contribution in [3.63, 3.8) is 0 Å². The van der Waals surface area contributed by atoms with Gasteiger partial charge in [-0.3, -0.25) is 9.20 Å². The van der Waals surface area contributed by atoms with Crippen molar-refractivity contribution in [2.75, 3.05) is 11.1 Å². The molecule has 5 rings (SSSR count). The standard InChI is InChI=1S/C23H16ClF6N7O/c1-21(10-2-4-11(25)5-3-10)15-16(31)34-17(35-18(15)36-20(21)38)13-9-37-14(24)8-32-19(37)12(33-13)6-7-22(26,27)23(28,29)30/h2-5,8-9H,6-7H2,1H3,(H3,31,34,35,36,38). The molecule has 198 valence electrons. The van der Waals surface area contributed by atoms with E-state index >= 15 is 0 Å². The van der Waals surface area contributed by atoms with Crippen LogP contribution < -0.4 is 11.1 Å². The summed E-state index contributed by atoms with van der Waals surface area (Å²) >= 11 is 6.12. The van der Waals surface area contributed by atoms with Crippen molar-refractivity contribution in [2.45, 2.75) is 37.3 Å². The first kappa shape index (κ1) is 25.7. The molecule has 0 saturated heterocycles. The number of hydrogen-bond acceptors (Lipinski definition) is 6. The second-order valence-electron chi connectivity index (χ2n) is 8.79. The van der Waals surface area contributed by atoms with E-state index in [0.717, 1.165) is 0 Å². The molecular formula is C23H16ClF6N7O. The summed E-state index contributed by atoms with van der Waals surface area (Å²) in [6.07, 6.45) is -5.61. The Morgan fingerprint density at radius 3 is 2.45 bits per heavy atom. The molecule has 0 radical (unpaired) electrons. The lowest BCUT2D eigenvalue weighted by molar-refractivity contribution is -0.284. The smallest absolute Gasteiger partial charge is 0.383 e. The summed E-state index contributed by atoms with van der Waals surface area (Å²) in [5.74, 6) is -6.21. The van der Waals surface area contributed by atoms with Crippen molar-refractivity contribution in [3.8, 4) is 11.5 Å². The third kappa shape index (κ3) is 3.99. The Bertz CT molecular complexity index is 1590. The van der Waals surface area contributed by atoms with Gasteiger partial charge in [0.25, 0.3) is 0 Å². The van der Waals surface area contributed by atoms with Gasteiger partial charge in [-0.05, 0) is 31.0 Å². The fraction of sp³-hybridized carbons (Fsp3) is 0.261. The summed E-state index contributed by atoms with van der Waals surface area (Å²) in [4.78, 5) is 29.7. The zero-order chi connectivity index (χ0) is 27.6. The van der Waals surface area contributed by atoms with Crippen LogP contribution in [-0.2, 0) is 16.6 Å². The predicted molar refractivity (Wildman–Crippen MR) is 124 cm³/mol. The highest BCUT2D eigenvalue weighted by molar-refractivity contribution is 6.29. The van der Waals surface area contributed by atoms with E-state index in [2.05, 4.69) is 25.3 Å². The van der Waals surface area contributed by atoms with Crippen LogP contribution in [0.2, 0.25) is 5.15 Å². The molecule has 1 amide bonds. The molecule has 1 aliphatic rings. The number of amides is 1. The van der Waals surface area contributed by atoms with Crippen molar-refractivity contribution in [2.24, 2.45) is 0 Å². The van der Waals surface area contributed by atoms with E-state index in [1.165, 1.54) is 41.1 Å². The molecule has 3 N–H and O–H groups in total. The third-order valence-electron chi connectivity index (χ3n) is 6.38. The number of nitrogens with two attached hydrogens (primary N) is 1. The normalized spacial score (nSPS) is 17.6. The average molecular weight is 556 g/mol. The Morgan fingerprint density at radius 2 is 1.79 bits per heavy atom. The van der Waals surface area contributed by atoms with Crippen LogP contribution >= 0.6 is 11.6 Å². The number of nitrogens with zero attached hydrogens (tertiary/aromatic N) is 5. The number of halogens is 7. The van der Waals surface area contributed by atoms with Crippen LogP contribution in [0.25, 0.3) is 17.2 Å². The number of aryl methyl sites for hydroxylation is 1. The van der Waals surface area contributed by atoms with Gasteiger partial charge in [0.2, 0.25) is 5.91 Å². The van der Waals surface area contributed by atoms with Gasteiger partial charge in [-0.25, -0.2) is 24.3 Å². The first-order valence-electron chi connectivity index (χ1n) is 11.0. The third-order valence-corrected chi connectivity index (χ3v) is 6.66. The summed E-state index contributed by atoms with van der Waals surface area (Å²) in [5.41, 5.74) is 5.22. The molecule has 0 bridgehead atoms. The molecule has 3 aromatic heterocycles. The van der Waals surface area contributed by atoms with Crippen molar-refractivity contribution in [1.82, 2.24) is 24.3 Å². The molecule has 0 aliphatic carbocycles. The van der Waals surface area contributed by atoms with Gasteiger partial charge in [-0.2, -0.15) is 22.0 Å². The van der Waals surface area contributed by atoms with Crippen LogP contribution in [0.4, 0.5) is 38.0 Å². The first-order chi connectivity index (χ1) is 17.7. The van der Waals surface area contributed by atoms with Gasteiger partial charge in [0, 0.05) is 12.6 Å². The lowest BCUT2D eigenvalue weighted by Gasteiger charge is -2.23. The van der Waals surface area contributed by atoms with E-state index in [-0.39, 0.29) is 45.2 Å². The van der Waals surface area contributed by atoms with E-state index in [1.807, 2.05) is 0 Å². The Kier molecular flexibility index (Phi) is 5.78. The summed E-state index contributed by atoms with van der Waals surface area (Å²) in [6.45, 7) is 1.56. The highest BCUT2D eigenvalue weighted by Gasteiger charge is 2.56. The number of nitrogens with one attached hydrogen (secondary N) is 1. The lowest BCUT2D eigenvalue weighted by Crippen LogP contribution is -2.36. The molecule has 8 nitrogen and oxygen atoms in total. The minimum Gasteiger partial charge on any atom is -0.383 e. The molecular weight excluding hydrogens is 540 g/mol. The number of aromatic nitrogens is 5. The molecule has 4 heterocycles. The number of rotatable bonds is 5. The number of fused-ring (bicyclic) bond motifs is 2. The minimum absolute atomic E-state index is 0.0250. The second kappa shape index (κ2) is 8.55. The van der Waals surface area contributed by atoms with Crippen molar-refractivity contribution >= 4 is 34.8 Å². The van der Waals surface area contributed by atoms with E-state index < -0.39 is 42.1 Å². The number of nitrogen functional groups attached to an aromatic ring is 1. The predicted octanol–water partition coefficient (Wildman–Crippen LogP) is 4.95. The Balaban J connectivity index is 1.59.